The van der Waals surface area contributed by atoms with Crippen LogP contribution in [0.4, 0.5) is 17.6 Å². The van der Waals surface area contributed by atoms with E-state index in [0.29, 0.717) is 0 Å². The Morgan fingerprint density at radius 3 is 2.56 bits per heavy atom. The molecule has 1 aromatic heterocycles. The molecule has 2 rings (SSSR count). The van der Waals surface area contributed by atoms with Crippen LogP contribution in [0, 0.1) is 17.1 Å². The van der Waals surface area contributed by atoms with Crippen LogP contribution >= 0.6 is 0 Å². The first kappa shape index (κ1) is 12.4. The van der Waals surface area contributed by atoms with Gasteiger partial charge < -0.3 is 4.57 Å². The van der Waals surface area contributed by atoms with Crippen molar-refractivity contribution in [3.05, 3.63) is 35.3 Å². The molecule has 0 radical (unpaired) electrons. The zero-order chi connectivity index (χ0) is 13.5. The summed E-state index contributed by atoms with van der Waals surface area (Å²) in [6, 6.07) is 5.50. The molecule has 0 fully saturated rings. The van der Waals surface area contributed by atoms with Crippen molar-refractivity contribution >= 4 is 10.9 Å². The monoisotopic (exact) mass is 256 g/mol. The minimum atomic E-state index is -4.62. The van der Waals surface area contributed by atoms with E-state index in [-0.39, 0.29) is 16.5 Å². The first-order chi connectivity index (χ1) is 8.38. The molecule has 0 bridgehead atoms. The number of para-hydroxylation sites is 1. The molecule has 94 valence electrons. The lowest BCUT2D eigenvalue weighted by Gasteiger charge is -2.10. The predicted octanol–water partition coefficient (Wildman–Crippen LogP) is 3.40. The van der Waals surface area contributed by atoms with E-state index in [1.54, 1.807) is 6.07 Å². The number of nitriles is 1. The summed E-state index contributed by atoms with van der Waals surface area (Å²) in [5.74, 6) is -0.732. The summed E-state index contributed by atoms with van der Waals surface area (Å²) < 4.78 is 53.2. The molecule has 0 saturated heterocycles. The average Bonchev–Trinajstić information content (AvgIpc) is 2.53. The van der Waals surface area contributed by atoms with Crippen molar-refractivity contribution in [1.29, 1.82) is 5.26 Å². The molecule has 2 aromatic rings. The van der Waals surface area contributed by atoms with Gasteiger partial charge in [-0.05, 0) is 6.07 Å². The predicted molar refractivity (Wildman–Crippen MR) is 57.2 cm³/mol. The van der Waals surface area contributed by atoms with Gasteiger partial charge in [0.2, 0.25) is 0 Å². The van der Waals surface area contributed by atoms with E-state index in [4.69, 9.17) is 5.26 Å². The van der Waals surface area contributed by atoms with Crippen molar-refractivity contribution in [2.45, 2.75) is 12.6 Å². The zero-order valence-electron chi connectivity index (χ0n) is 9.35. The van der Waals surface area contributed by atoms with Crippen molar-refractivity contribution in [3.8, 4) is 6.07 Å². The summed E-state index contributed by atoms with van der Waals surface area (Å²) in [5.41, 5.74) is -1.28. The summed E-state index contributed by atoms with van der Waals surface area (Å²) >= 11 is 0. The van der Waals surface area contributed by atoms with Gasteiger partial charge >= 0.3 is 6.18 Å². The number of fused-ring (bicyclic) bond motifs is 1. The van der Waals surface area contributed by atoms with Gasteiger partial charge in [-0.2, -0.15) is 18.4 Å². The molecular weight excluding hydrogens is 248 g/mol. The van der Waals surface area contributed by atoms with Gasteiger partial charge in [0.1, 0.15) is 11.5 Å². The minimum Gasteiger partial charge on any atom is -0.337 e. The fourth-order valence-electron chi connectivity index (χ4n) is 2.16. The number of nitrogens with zero attached hydrogens (tertiary/aromatic N) is 2. The smallest absolute Gasteiger partial charge is 0.337 e. The SMILES string of the molecule is Cn1c(C(F)(F)F)c(CC#N)c2cccc(F)c21. The molecule has 0 aliphatic rings. The number of rotatable bonds is 1. The molecule has 0 atom stereocenters. The highest BCUT2D eigenvalue weighted by atomic mass is 19.4. The zero-order valence-corrected chi connectivity index (χ0v) is 9.35. The highest BCUT2D eigenvalue weighted by molar-refractivity contribution is 5.86. The maximum atomic E-state index is 13.6. The molecule has 18 heavy (non-hydrogen) atoms. The Morgan fingerprint density at radius 1 is 1.33 bits per heavy atom. The third-order valence-corrected chi connectivity index (χ3v) is 2.79. The average molecular weight is 256 g/mol. The lowest BCUT2D eigenvalue weighted by Crippen LogP contribution is -2.13. The van der Waals surface area contributed by atoms with Gasteiger partial charge in [-0.3, -0.25) is 0 Å². The number of benzene rings is 1. The lowest BCUT2D eigenvalue weighted by molar-refractivity contribution is -0.143. The highest BCUT2D eigenvalue weighted by Gasteiger charge is 2.38. The summed E-state index contributed by atoms with van der Waals surface area (Å²) in [6.07, 6.45) is -5.03. The van der Waals surface area contributed by atoms with E-state index >= 15 is 0 Å². The van der Waals surface area contributed by atoms with Crippen LogP contribution in [0.3, 0.4) is 0 Å². The van der Waals surface area contributed by atoms with Crippen LogP contribution in [-0.2, 0) is 19.6 Å². The standard InChI is InChI=1S/C12H8F4N2/c1-18-10-7(3-2-4-9(10)13)8(5-6-17)11(18)12(14,15)16/h2-4H,5H2,1H3. The van der Waals surface area contributed by atoms with Crippen molar-refractivity contribution in [2.24, 2.45) is 7.05 Å². The fraction of sp³-hybridized carbons (Fsp3) is 0.250. The fourth-order valence-corrected chi connectivity index (χ4v) is 2.16. The van der Waals surface area contributed by atoms with Gasteiger partial charge in [-0.25, -0.2) is 4.39 Å². The van der Waals surface area contributed by atoms with Crippen LogP contribution in [0.15, 0.2) is 18.2 Å². The summed E-state index contributed by atoms with van der Waals surface area (Å²) in [7, 11) is 1.15. The second kappa shape index (κ2) is 4.02. The van der Waals surface area contributed by atoms with Crippen LogP contribution in [-0.4, -0.2) is 4.57 Å². The van der Waals surface area contributed by atoms with Crippen molar-refractivity contribution in [3.63, 3.8) is 0 Å². The number of aromatic nitrogens is 1. The summed E-state index contributed by atoms with van der Waals surface area (Å²) in [4.78, 5) is 0. The Hall–Kier alpha value is -2.03. The number of aryl methyl sites for hydroxylation is 1. The molecule has 0 spiro atoms. The molecule has 0 saturated carbocycles. The first-order valence-corrected chi connectivity index (χ1v) is 5.08. The van der Waals surface area contributed by atoms with E-state index in [2.05, 4.69) is 0 Å². The van der Waals surface area contributed by atoms with Gasteiger partial charge in [0.25, 0.3) is 0 Å². The molecule has 2 nitrogen and oxygen atoms in total. The Balaban J connectivity index is 2.93. The van der Waals surface area contributed by atoms with Gasteiger partial charge in [0.15, 0.2) is 0 Å². The van der Waals surface area contributed by atoms with E-state index in [0.717, 1.165) is 17.7 Å². The molecule has 0 unspecified atom stereocenters. The molecule has 1 heterocycles. The van der Waals surface area contributed by atoms with E-state index in [1.807, 2.05) is 0 Å². The van der Waals surface area contributed by atoms with Crippen LogP contribution < -0.4 is 0 Å². The van der Waals surface area contributed by atoms with Crippen LogP contribution in [0.1, 0.15) is 11.3 Å². The highest BCUT2D eigenvalue weighted by Crippen LogP contribution is 2.38. The molecule has 1 aromatic carbocycles. The van der Waals surface area contributed by atoms with Gasteiger partial charge in [-0.15, -0.1) is 0 Å². The summed E-state index contributed by atoms with van der Waals surface area (Å²) in [5, 5.41) is 8.76. The third kappa shape index (κ3) is 1.72. The van der Waals surface area contributed by atoms with E-state index < -0.39 is 24.1 Å². The number of hydrogen-bond donors (Lipinski definition) is 0. The number of alkyl halides is 3. The minimum absolute atomic E-state index is 0.130. The van der Waals surface area contributed by atoms with Gasteiger partial charge in [-0.1, -0.05) is 12.1 Å². The topological polar surface area (TPSA) is 28.7 Å². The normalized spacial score (nSPS) is 11.8. The molecular formula is C12H8F4N2. The third-order valence-electron chi connectivity index (χ3n) is 2.79. The van der Waals surface area contributed by atoms with Crippen LogP contribution in [0.2, 0.25) is 0 Å². The lowest BCUT2D eigenvalue weighted by atomic mass is 10.1. The largest absolute Gasteiger partial charge is 0.431 e. The van der Waals surface area contributed by atoms with Crippen molar-refractivity contribution in [2.75, 3.05) is 0 Å². The molecule has 0 N–H and O–H groups in total. The maximum absolute atomic E-state index is 13.6. The maximum Gasteiger partial charge on any atom is 0.431 e. The quantitative estimate of drug-likeness (QED) is 0.719. The first-order valence-electron chi connectivity index (χ1n) is 5.08. The Morgan fingerprint density at radius 2 is 2.00 bits per heavy atom. The summed E-state index contributed by atoms with van der Waals surface area (Å²) in [6.45, 7) is 0. The van der Waals surface area contributed by atoms with E-state index in [1.165, 1.54) is 12.1 Å². The number of hydrogen-bond acceptors (Lipinski definition) is 1. The molecule has 0 amide bonds. The Kier molecular flexibility index (Phi) is 2.77. The van der Waals surface area contributed by atoms with Crippen molar-refractivity contribution < 1.29 is 17.6 Å². The second-order valence-corrected chi connectivity index (χ2v) is 3.85. The Bertz CT molecular complexity index is 647. The molecule has 0 aliphatic carbocycles. The van der Waals surface area contributed by atoms with Crippen LogP contribution in [0.25, 0.3) is 10.9 Å². The Labute approximate surface area is 100 Å². The number of halogens is 4. The van der Waals surface area contributed by atoms with Crippen molar-refractivity contribution in [1.82, 2.24) is 4.57 Å². The molecule has 0 aliphatic heterocycles. The van der Waals surface area contributed by atoms with Crippen LogP contribution in [0.5, 0.6) is 0 Å². The molecule has 6 heteroatoms. The van der Waals surface area contributed by atoms with E-state index in [9.17, 15) is 17.6 Å². The van der Waals surface area contributed by atoms with Gasteiger partial charge in [0.05, 0.1) is 18.0 Å². The second-order valence-electron chi connectivity index (χ2n) is 3.85. The van der Waals surface area contributed by atoms with Gasteiger partial charge in [0, 0.05) is 18.0 Å².